The molecule has 1 heterocycles. The number of nitrogens with zero attached hydrogens (tertiary/aromatic N) is 2. The molecular formula is C18H13ClN2O2. The minimum absolute atomic E-state index is 0.166. The number of hydrogen-bond donors (Lipinski definition) is 0. The molecule has 23 heavy (non-hydrogen) atoms. The maximum Gasteiger partial charge on any atom is 0.338 e. The first-order chi connectivity index (χ1) is 11.2. The molecule has 0 aliphatic rings. The Kier molecular flexibility index (Phi) is 4.64. The molecule has 0 fully saturated rings. The fourth-order valence-corrected chi connectivity index (χ4v) is 2.26. The van der Waals surface area contributed by atoms with Crippen molar-refractivity contribution in [3.05, 3.63) is 83.3 Å². The van der Waals surface area contributed by atoms with Crippen molar-refractivity contribution in [2.75, 3.05) is 0 Å². The lowest BCUT2D eigenvalue weighted by molar-refractivity contribution is 0.0473. The van der Waals surface area contributed by atoms with Gasteiger partial charge in [0.15, 0.2) is 0 Å². The summed E-state index contributed by atoms with van der Waals surface area (Å²) in [6.45, 7) is 0.239. The van der Waals surface area contributed by atoms with Gasteiger partial charge in [-0.05, 0) is 35.4 Å². The number of carbonyl (C=O) groups excluding carboxylic acids is 1. The zero-order valence-electron chi connectivity index (χ0n) is 12.1. The minimum Gasteiger partial charge on any atom is -0.457 e. The lowest BCUT2D eigenvalue weighted by Crippen LogP contribution is -2.05. The van der Waals surface area contributed by atoms with E-state index in [1.54, 1.807) is 30.5 Å². The van der Waals surface area contributed by atoms with Crippen LogP contribution in [0.25, 0.3) is 11.3 Å². The highest BCUT2D eigenvalue weighted by Crippen LogP contribution is 2.19. The molecule has 4 nitrogen and oxygen atoms in total. The van der Waals surface area contributed by atoms with Gasteiger partial charge in [-0.15, -0.1) is 0 Å². The van der Waals surface area contributed by atoms with E-state index in [1.165, 1.54) is 0 Å². The van der Waals surface area contributed by atoms with Crippen LogP contribution in [0.2, 0.25) is 5.28 Å². The summed E-state index contributed by atoms with van der Waals surface area (Å²) in [7, 11) is 0. The van der Waals surface area contributed by atoms with E-state index in [0.29, 0.717) is 11.3 Å². The van der Waals surface area contributed by atoms with Gasteiger partial charge in [0.1, 0.15) is 6.61 Å². The van der Waals surface area contributed by atoms with Crippen LogP contribution in [0.3, 0.4) is 0 Å². The zero-order chi connectivity index (χ0) is 16.1. The third-order valence-electron chi connectivity index (χ3n) is 3.23. The van der Waals surface area contributed by atoms with Gasteiger partial charge in [0, 0.05) is 11.8 Å². The van der Waals surface area contributed by atoms with Crippen LogP contribution in [-0.4, -0.2) is 15.9 Å². The molecule has 114 valence electrons. The summed E-state index contributed by atoms with van der Waals surface area (Å²) in [5.41, 5.74) is 2.85. The van der Waals surface area contributed by atoms with E-state index in [1.807, 2.05) is 36.4 Å². The van der Waals surface area contributed by atoms with Crippen LogP contribution >= 0.6 is 11.6 Å². The predicted molar refractivity (Wildman–Crippen MR) is 88.0 cm³/mol. The molecule has 5 heteroatoms. The summed E-state index contributed by atoms with van der Waals surface area (Å²) in [5, 5.41) is 0.166. The van der Waals surface area contributed by atoms with Crippen molar-refractivity contribution in [3.63, 3.8) is 0 Å². The number of benzene rings is 2. The summed E-state index contributed by atoms with van der Waals surface area (Å²) in [6.07, 6.45) is 1.57. The van der Waals surface area contributed by atoms with E-state index >= 15 is 0 Å². The second-order valence-electron chi connectivity index (χ2n) is 4.85. The highest BCUT2D eigenvalue weighted by atomic mass is 35.5. The Labute approximate surface area is 138 Å². The Morgan fingerprint density at radius 2 is 1.87 bits per heavy atom. The first kappa shape index (κ1) is 15.2. The summed E-state index contributed by atoms with van der Waals surface area (Å²) in [6, 6.07) is 18.4. The molecule has 0 saturated carbocycles. The fraction of sp³-hybridized carbons (Fsp3) is 0.0556. The third kappa shape index (κ3) is 3.93. The second kappa shape index (κ2) is 7.03. The Bertz CT molecular complexity index is 822. The number of esters is 1. The molecule has 3 rings (SSSR count). The van der Waals surface area contributed by atoms with Crippen molar-refractivity contribution in [1.29, 1.82) is 0 Å². The van der Waals surface area contributed by atoms with E-state index in [2.05, 4.69) is 9.97 Å². The van der Waals surface area contributed by atoms with Gasteiger partial charge < -0.3 is 4.74 Å². The first-order valence-electron chi connectivity index (χ1n) is 7.02. The zero-order valence-corrected chi connectivity index (χ0v) is 12.9. The largest absolute Gasteiger partial charge is 0.457 e. The Morgan fingerprint density at radius 1 is 1.04 bits per heavy atom. The van der Waals surface area contributed by atoms with Crippen LogP contribution in [0.1, 0.15) is 15.9 Å². The minimum atomic E-state index is -0.379. The van der Waals surface area contributed by atoms with Crippen LogP contribution in [0.4, 0.5) is 0 Å². The normalized spacial score (nSPS) is 10.3. The summed E-state index contributed by atoms with van der Waals surface area (Å²) < 4.78 is 5.33. The monoisotopic (exact) mass is 324 g/mol. The number of ether oxygens (including phenoxy) is 1. The molecule has 1 aromatic heterocycles. The molecule has 0 amide bonds. The average molecular weight is 325 g/mol. The summed E-state index contributed by atoms with van der Waals surface area (Å²) >= 11 is 5.80. The summed E-state index contributed by atoms with van der Waals surface area (Å²) in [4.78, 5) is 20.2. The van der Waals surface area contributed by atoms with Crippen molar-refractivity contribution in [1.82, 2.24) is 9.97 Å². The third-order valence-corrected chi connectivity index (χ3v) is 3.42. The van der Waals surface area contributed by atoms with Crippen molar-refractivity contribution >= 4 is 17.6 Å². The molecule has 0 bridgehead atoms. The topological polar surface area (TPSA) is 52.1 Å². The number of halogens is 1. The lowest BCUT2D eigenvalue weighted by atomic mass is 10.1. The van der Waals surface area contributed by atoms with E-state index in [9.17, 15) is 4.79 Å². The van der Waals surface area contributed by atoms with Crippen LogP contribution in [0, 0.1) is 0 Å². The number of rotatable bonds is 4. The Morgan fingerprint density at radius 3 is 2.65 bits per heavy atom. The van der Waals surface area contributed by atoms with Gasteiger partial charge in [-0.2, -0.15) is 0 Å². The lowest BCUT2D eigenvalue weighted by Gasteiger charge is -2.07. The van der Waals surface area contributed by atoms with E-state index in [4.69, 9.17) is 16.3 Å². The average Bonchev–Trinajstić information content (AvgIpc) is 2.61. The van der Waals surface area contributed by atoms with Gasteiger partial charge >= 0.3 is 5.97 Å². The van der Waals surface area contributed by atoms with Gasteiger partial charge in [-0.25, -0.2) is 14.8 Å². The Hall–Kier alpha value is -2.72. The number of hydrogen-bond acceptors (Lipinski definition) is 4. The molecule has 0 spiro atoms. The van der Waals surface area contributed by atoms with Gasteiger partial charge in [0.2, 0.25) is 5.28 Å². The van der Waals surface area contributed by atoms with E-state index in [0.717, 1.165) is 11.1 Å². The standard InChI is InChI=1S/C18H13ClN2O2/c19-18-20-10-9-16(21-18)14-7-4-8-15(11-14)17(22)23-12-13-5-2-1-3-6-13/h1-11H,12H2. The van der Waals surface area contributed by atoms with Gasteiger partial charge in [-0.3, -0.25) is 0 Å². The summed E-state index contributed by atoms with van der Waals surface area (Å²) in [5.74, 6) is -0.379. The molecule has 0 atom stereocenters. The van der Waals surface area contributed by atoms with Crippen molar-refractivity contribution in [2.45, 2.75) is 6.61 Å². The number of carbonyl (C=O) groups is 1. The van der Waals surface area contributed by atoms with E-state index < -0.39 is 0 Å². The van der Waals surface area contributed by atoms with Crippen LogP contribution in [0.15, 0.2) is 66.9 Å². The maximum atomic E-state index is 12.2. The first-order valence-corrected chi connectivity index (χ1v) is 7.40. The maximum absolute atomic E-state index is 12.2. The van der Waals surface area contributed by atoms with Crippen LogP contribution in [0.5, 0.6) is 0 Å². The van der Waals surface area contributed by atoms with Gasteiger partial charge in [0.25, 0.3) is 0 Å². The van der Waals surface area contributed by atoms with Crippen LogP contribution < -0.4 is 0 Å². The SMILES string of the molecule is O=C(OCc1ccccc1)c1cccc(-c2ccnc(Cl)n2)c1. The van der Waals surface area contributed by atoms with Gasteiger partial charge in [0.05, 0.1) is 11.3 Å². The number of aromatic nitrogens is 2. The van der Waals surface area contributed by atoms with E-state index in [-0.39, 0.29) is 17.9 Å². The highest BCUT2D eigenvalue weighted by Gasteiger charge is 2.10. The molecule has 2 aromatic carbocycles. The smallest absolute Gasteiger partial charge is 0.338 e. The Balaban J connectivity index is 1.75. The second-order valence-corrected chi connectivity index (χ2v) is 5.19. The fourth-order valence-electron chi connectivity index (χ4n) is 2.11. The van der Waals surface area contributed by atoms with Crippen molar-refractivity contribution in [3.8, 4) is 11.3 Å². The van der Waals surface area contributed by atoms with Crippen molar-refractivity contribution in [2.24, 2.45) is 0 Å². The molecule has 0 saturated heterocycles. The molecule has 3 aromatic rings. The predicted octanol–water partition coefficient (Wildman–Crippen LogP) is 4.15. The molecular weight excluding hydrogens is 312 g/mol. The molecule has 0 unspecified atom stereocenters. The van der Waals surface area contributed by atoms with Crippen LogP contribution in [-0.2, 0) is 11.3 Å². The van der Waals surface area contributed by atoms with Crippen molar-refractivity contribution < 1.29 is 9.53 Å². The van der Waals surface area contributed by atoms with Gasteiger partial charge in [-0.1, -0.05) is 42.5 Å². The molecule has 0 radical (unpaired) electrons. The molecule has 0 aliphatic heterocycles. The highest BCUT2D eigenvalue weighted by molar-refractivity contribution is 6.28. The quantitative estimate of drug-likeness (QED) is 0.534. The molecule has 0 N–H and O–H groups in total. The molecule has 0 aliphatic carbocycles.